The number of amides is 2. The van der Waals surface area contributed by atoms with Crippen molar-refractivity contribution in [1.29, 1.82) is 0 Å². The van der Waals surface area contributed by atoms with Crippen molar-refractivity contribution in [2.45, 2.75) is 89.9 Å². The van der Waals surface area contributed by atoms with Crippen LogP contribution < -0.4 is 10.2 Å². The van der Waals surface area contributed by atoms with Crippen LogP contribution in [0, 0.1) is 0 Å². The Morgan fingerprint density at radius 3 is 2.66 bits per heavy atom. The third kappa shape index (κ3) is 8.77. The van der Waals surface area contributed by atoms with Crippen LogP contribution in [0.4, 0.5) is 5.82 Å². The van der Waals surface area contributed by atoms with Gasteiger partial charge in [0, 0.05) is 44.2 Å². The van der Waals surface area contributed by atoms with Gasteiger partial charge in [-0.25, -0.2) is 9.97 Å². The summed E-state index contributed by atoms with van der Waals surface area (Å²) >= 11 is 7.53. The molecule has 0 aliphatic carbocycles. The van der Waals surface area contributed by atoms with Crippen LogP contribution in [0.1, 0.15) is 72.6 Å². The monoisotopic (exact) mass is 483 g/mol. The van der Waals surface area contributed by atoms with Gasteiger partial charge < -0.3 is 15.1 Å². The predicted octanol–water partition coefficient (Wildman–Crippen LogP) is 4.53. The summed E-state index contributed by atoms with van der Waals surface area (Å²) in [6, 6.07) is 2.01. The van der Waals surface area contributed by atoms with Crippen molar-refractivity contribution in [2.75, 3.05) is 30.3 Å². The number of anilines is 1. The molecule has 0 aromatic carbocycles. The van der Waals surface area contributed by atoms with Gasteiger partial charge in [0.2, 0.25) is 11.8 Å². The van der Waals surface area contributed by atoms with E-state index in [1.807, 2.05) is 18.7 Å². The van der Waals surface area contributed by atoms with Crippen molar-refractivity contribution in [3.8, 4) is 0 Å². The molecule has 180 valence electrons. The predicted molar refractivity (Wildman–Crippen MR) is 132 cm³/mol. The number of unbranched alkanes of at least 4 members (excludes halogenated alkanes) is 4. The minimum atomic E-state index is -0.0371. The Hall–Kier alpha value is -1.54. The maximum absolute atomic E-state index is 12.7. The summed E-state index contributed by atoms with van der Waals surface area (Å²) in [6.07, 6.45) is 7.29. The lowest BCUT2D eigenvalue weighted by Gasteiger charge is -2.40. The zero-order valence-corrected chi connectivity index (χ0v) is 21.5. The van der Waals surface area contributed by atoms with E-state index in [9.17, 15) is 9.59 Å². The highest BCUT2D eigenvalue weighted by molar-refractivity contribution is 7.99. The van der Waals surface area contributed by atoms with Crippen molar-refractivity contribution >= 4 is 41.0 Å². The Morgan fingerprint density at radius 2 is 1.97 bits per heavy atom. The molecule has 0 bridgehead atoms. The normalized spacial score (nSPS) is 17.3. The second kappa shape index (κ2) is 13.9. The molecule has 0 saturated carbocycles. The van der Waals surface area contributed by atoms with Gasteiger partial charge in [0.1, 0.15) is 11.0 Å². The lowest BCUT2D eigenvalue weighted by Crippen LogP contribution is -2.54. The number of aromatic nitrogens is 2. The Labute approximate surface area is 202 Å². The zero-order chi connectivity index (χ0) is 23.5. The molecule has 1 aromatic heterocycles. The van der Waals surface area contributed by atoms with Crippen molar-refractivity contribution < 1.29 is 9.59 Å². The van der Waals surface area contributed by atoms with E-state index >= 15 is 0 Å². The number of rotatable bonds is 12. The number of carbonyl (C=O) groups is 2. The van der Waals surface area contributed by atoms with E-state index in [0.717, 1.165) is 25.1 Å². The number of thioether (sulfide) groups is 1. The SMILES string of the molecule is CCCCCCCC(=O)N1CCN(c2cc(Cl)nc(SCC(=O)NC(C)CC)n2)CC1C. The number of carbonyl (C=O) groups excluding carboxylic acids is 2. The molecule has 0 spiro atoms. The molecule has 9 heteroatoms. The highest BCUT2D eigenvalue weighted by atomic mass is 35.5. The summed E-state index contributed by atoms with van der Waals surface area (Å²) in [5.74, 6) is 1.21. The Bertz CT molecular complexity index is 751. The van der Waals surface area contributed by atoms with Crippen molar-refractivity contribution in [1.82, 2.24) is 20.2 Å². The van der Waals surface area contributed by atoms with E-state index in [1.165, 1.54) is 31.0 Å². The average Bonchev–Trinajstić information content (AvgIpc) is 2.76. The summed E-state index contributed by atoms with van der Waals surface area (Å²) in [5, 5.41) is 3.79. The molecule has 1 N–H and O–H groups in total. The van der Waals surface area contributed by atoms with Crippen LogP contribution in [0.2, 0.25) is 5.15 Å². The highest BCUT2D eigenvalue weighted by Crippen LogP contribution is 2.24. The molecule has 1 aliphatic rings. The number of hydrogen-bond acceptors (Lipinski definition) is 6. The van der Waals surface area contributed by atoms with Crippen molar-refractivity contribution in [3.05, 3.63) is 11.2 Å². The van der Waals surface area contributed by atoms with Crippen LogP contribution in [0.25, 0.3) is 0 Å². The molecule has 32 heavy (non-hydrogen) atoms. The third-order valence-corrected chi connectivity index (χ3v) is 6.82. The van der Waals surface area contributed by atoms with Gasteiger partial charge >= 0.3 is 0 Å². The van der Waals surface area contributed by atoms with E-state index in [4.69, 9.17) is 11.6 Å². The minimum Gasteiger partial charge on any atom is -0.353 e. The number of nitrogens with one attached hydrogen (secondary N) is 1. The van der Waals surface area contributed by atoms with Crippen LogP contribution in [0.3, 0.4) is 0 Å². The number of halogens is 1. The molecule has 2 heterocycles. The first-order valence-electron chi connectivity index (χ1n) is 11.8. The summed E-state index contributed by atoms with van der Waals surface area (Å²) in [5.41, 5.74) is 0. The fourth-order valence-corrected chi connectivity index (χ4v) is 4.61. The van der Waals surface area contributed by atoms with E-state index in [1.54, 1.807) is 6.07 Å². The Kier molecular flexibility index (Phi) is 11.6. The van der Waals surface area contributed by atoms with Gasteiger partial charge in [0.15, 0.2) is 5.16 Å². The molecule has 7 nitrogen and oxygen atoms in total. The maximum atomic E-state index is 12.7. The molecular weight excluding hydrogens is 446 g/mol. The molecule has 1 saturated heterocycles. The first-order chi connectivity index (χ1) is 15.3. The molecule has 1 aliphatic heterocycles. The molecule has 1 fully saturated rings. The zero-order valence-electron chi connectivity index (χ0n) is 19.9. The molecular formula is C23H38ClN5O2S. The third-order valence-electron chi connectivity index (χ3n) is 5.78. The van der Waals surface area contributed by atoms with Gasteiger partial charge in [-0.05, 0) is 26.7 Å². The molecule has 1 aromatic rings. The van der Waals surface area contributed by atoms with Gasteiger partial charge in [-0.3, -0.25) is 9.59 Å². The molecule has 2 rings (SSSR count). The Balaban J connectivity index is 1.89. The van der Waals surface area contributed by atoms with Crippen molar-refractivity contribution in [3.63, 3.8) is 0 Å². The van der Waals surface area contributed by atoms with Crippen LogP contribution >= 0.6 is 23.4 Å². The topological polar surface area (TPSA) is 78.4 Å². The number of hydrogen-bond donors (Lipinski definition) is 1. The number of nitrogens with zero attached hydrogens (tertiary/aromatic N) is 4. The standard InChI is InChI=1S/C23H38ClN5O2S/c1-5-7-8-9-10-11-22(31)29-13-12-28(15-18(29)4)20-14-19(24)26-23(27-20)32-16-21(30)25-17(3)6-2/h14,17-18H,5-13,15-16H2,1-4H3,(H,25,30). The van der Waals surface area contributed by atoms with E-state index in [2.05, 4.69) is 34.0 Å². The van der Waals surface area contributed by atoms with Gasteiger partial charge in [0.25, 0.3) is 0 Å². The van der Waals surface area contributed by atoms with Crippen LogP contribution in [-0.2, 0) is 9.59 Å². The summed E-state index contributed by atoms with van der Waals surface area (Å²) < 4.78 is 0. The number of piperazine rings is 1. The maximum Gasteiger partial charge on any atom is 0.230 e. The van der Waals surface area contributed by atoms with Gasteiger partial charge in [-0.15, -0.1) is 0 Å². The largest absolute Gasteiger partial charge is 0.353 e. The summed E-state index contributed by atoms with van der Waals surface area (Å²) in [4.78, 5) is 37.7. The average molecular weight is 484 g/mol. The fraction of sp³-hybridized carbons (Fsp3) is 0.739. The lowest BCUT2D eigenvalue weighted by atomic mass is 10.1. The van der Waals surface area contributed by atoms with Gasteiger partial charge in [-0.1, -0.05) is 62.9 Å². The smallest absolute Gasteiger partial charge is 0.230 e. The van der Waals surface area contributed by atoms with E-state index in [-0.39, 0.29) is 29.7 Å². The van der Waals surface area contributed by atoms with Gasteiger partial charge in [-0.2, -0.15) is 0 Å². The second-order valence-electron chi connectivity index (χ2n) is 8.54. The molecule has 0 radical (unpaired) electrons. The summed E-state index contributed by atoms with van der Waals surface area (Å²) in [6.45, 7) is 10.4. The quantitative estimate of drug-likeness (QED) is 0.203. The molecule has 2 amide bonds. The van der Waals surface area contributed by atoms with Crippen LogP contribution in [-0.4, -0.2) is 64.2 Å². The first kappa shape index (κ1) is 26.7. The Morgan fingerprint density at radius 1 is 1.22 bits per heavy atom. The summed E-state index contributed by atoms with van der Waals surface area (Å²) in [7, 11) is 0. The van der Waals surface area contributed by atoms with Gasteiger partial charge in [0.05, 0.1) is 5.75 Å². The van der Waals surface area contributed by atoms with Crippen LogP contribution in [0.5, 0.6) is 0 Å². The fourth-order valence-electron chi connectivity index (χ4n) is 3.72. The van der Waals surface area contributed by atoms with Crippen molar-refractivity contribution in [2.24, 2.45) is 0 Å². The molecule has 2 atom stereocenters. The minimum absolute atomic E-state index is 0.0371. The van der Waals surface area contributed by atoms with E-state index < -0.39 is 0 Å². The second-order valence-corrected chi connectivity index (χ2v) is 9.87. The molecule has 2 unspecified atom stereocenters. The first-order valence-corrected chi connectivity index (χ1v) is 13.2. The van der Waals surface area contributed by atoms with Crippen LogP contribution in [0.15, 0.2) is 11.2 Å². The highest BCUT2D eigenvalue weighted by Gasteiger charge is 2.28. The lowest BCUT2D eigenvalue weighted by molar-refractivity contribution is -0.133. The van der Waals surface area contributed by atoms with E-state index in [0.29, 0.717) is 36.4 Å².